The summed E-state index contributed by atoms with van der Waals surface area (Å²) in [6.45, 7) is 2.73. The molecule has 2 rings (SSSR count). The number of benzene rings is 1. The molecule has 3 nitrogen and oxygen atoms in total. The van der Waals surface area contributed by atoms with Crippen LogP contribution in [0.3, 0.4) is 0 Å². The van der Waals surface area contributed by atoms with E-state index in [1.807, 2.05) is 23.7 Å². The average Bonchev–Trinajstić information content (AvgIpc) is 2.75. The molecule has 1 unspecified atom stereocenters. The standard InChI is InChI=1S/C13H14Cl3N3/c1-2-19-13(11(16)7-18-19)12(17)6-8-3-4-9(14)10(15)5-8/h3-5,7,12H,2,6,17H2,1H3. The third-order valence-electron chi connectivity index (χ3n) is 2.92. The molecule has 0 spiro atoms. The lowest BCUT2D eigenvalue weighted by Crippen LogP contribution is -2.18. The summed E-state index contributed by atoms with van der Waals surface area (Å²) < 4.78 is 1.81. The van der Waals surface area contributed by atoms with E-state index in [0.29, 0.717) is 21.5 Å². The minimum absolute atomic E-state index is 0.229. The Labute approximate surface area is 127 Å². The Bertz CT molecular complexity index is 581. The van der Waals surface area contributed by atoms with Crippen LogP contribution in [-0.2, 0) is 13.0 Å². The summed E-state index contributed by atoms with van der Waals surface area (Å²) in [5.41, 5.74) is 8.07. The molecule has 0 fully saturated rings. The summed E-state index contributed by atoms with van der Waals surface area (Å²) >= 11 is 18.0. The highest BCUT2D eigenvalue weighted by Crippen LogP contribution is 2.27. The first-order chi connectivity index (χ1) is 9.02. The van der Waals surface area contributed by atoms with Gasteiger partial charge in [0, 0.05) is 6.54 Å². The number of nitrogens with zero attached hydrogens (tertiary/aromatic N) is 2. The van der Waals surface area contributed by atoms with E-state index >= 15 is 0 Å². The predicted octanol–water partition coefficient (Wildman–Crippen LogP) is 4.11. The van der Waals surface area contributed by atoms with Gasteiger partial charge in [0.1, 0.15) is 0 Å². The van der Waals surface area contributed by atoms with E-state index in [0.717, 1.165) is 17.8 Å². The van der Waals surface area contributed by atoms with Gasteiger partial charge >= 0.3 is 0 Å². The van der Waals surface area contributed by atoms with E-state index in [9.17, 15) is 0 Å². The molecule has 2 aromatic rings. The van der Waals surface area contributed by atoms with Gasteiger partial charge in [-0.1, -0.05) is 40.9 Å². The molecule has 0 bridgehead atoms. The number of rotatable bonds is 4. The Kier molecular flexibility index (Phi) is 4.74. The number of aryl methyl sites for hydroxylation is 1. The number of aromatic nitrogens is 2. The van der Waals surface area contributed by atoms with Crippen LogP contribution in [0, 0.1) is 0 Å². The maximum Gasteiger partial charge on any atom is 0.0834 e. The SMILES string of the molecule is CCn1ncc(Cl)c1C(N)Cc1ccc(Cl)c(Cl)c1. The van der Waals surface area contributed by atoms with Crippen molar-refractivity contribution in [3.8, 4) is 0 Å². The van der Waals surface area contributed by atoms with Gasteiger partial charge in [0.15, 0.2) is 0 Å². The zero-order valence-electron chi connectivity index (χ0n) is 10.4. The van der Waals surface area contributed by atoms with Crippen molar-refractivity contribution in [2.75, 3.05) is 0 Å². The Hall–Kier alpha value is -0.740. The Morgan fingerprint density at radius 3 is 2.58 bits per heavy atom. The van der Waals surface area contributed by atoms with Gasteiger partial charge in [-0.3, -0.25) is 4.68 Å². The van der Waals surface area contributed by atoms with E-state index < -0.39 is 0 Å². The van der Waals surface area contributed by atoms with Crippen LogP contribution in [0.1, 0.15) is 24.2 Å². The second-order valence-electron chi connectivity index (χ2n) is 4.25. The van der Waals surface area contributed by atoms with E-state index in [1.165, 1.54) is 0 Å². The van der Waals surface area contributed by atoms with Crippen LogP contribution in [0.15, 0.2) is 24.4 Å². The number of hydrogen-bond donors (Lipinski definition) is 1. The van der Waals surface area contributed by atoms with Crippen molar-refractivity contribution in [1.29, 1.82) is 0 Å². The third kappa shape index (κ3) is 3.23. The summed E-state index contributed by atoms with van der Waals surface area (Å²) in [6.07, 6.45) is 2.25. The van der Waals surface area contributed by atoms with Gasteiger partial charge in [-0.2, -0.15) is 5.10 Å². The largest absolute Gasteiger partial charge is 0.322 e. The first-order valence-corrected chi connectivity index (χ1v) is 7.07. The second kappa shape index (κ2) is 6.14. The molecule has 0 saturated carbocycles. The van der Waals surface area contributed by atoms with Gasteiger partial charge in [0.05, 0.1) is 33.0 Å². The highest BCUT2D eigenvalue weighted by atomic mass is 35.5. The summed E-state index contributed by atoms with van der Waals surface area (Å²) in [6, 6.07) is 5.27. The van der Waals surface area contributed by atoms with Crippen LogP contribution in [0.5, 0.6) is 0 Å². The lowest BCUT2D eigenvalue weighted by Gasteiger charge is -2.14. The third-order valence-corrected chi connectivity index (χ3v) is 3.95. The first-order valence-electron chi connectivity index (χ1n) is 5.93. The van der Waals surface area contributed by atoms with Crippen molar-refractivity contribution in [2.45, 2.75) is 25.9 Å². The number of nitrogens with two attached hydrogens (primary N) is 1. The highest BCUT2D eigenvalue weighted by molar-refractivity contribution is 6.42. The molecule has 1 aromatic carbocycles. The van der Waals surface area contributed by atoms with E-state index in [2.05, 4.69) is 5.10 Å². The summed E-state index contributed by atoms with van der Waals surface area (Å²) in [5.74, 6) is 0. The molecule has 1 atom stereocenters. The molecule has 0 aliphatic heterocycles. The van der Waals surface area contributed by atoms with Crippen LogP contribution in [0.4, 0.5) is 0 Å². The van der Waals surface area contributed by atoms with Gasteiger partial charge in [0.25, 0.3) is 0 Å². The summed E-state index contributed by atoms with van der Waals surface area (Å²) in [7, 11) is 0. The highest BCUT2D eigenvalue weighted by Gasteiger charge is 2.17. The van der Waals surface area contributed by atoms with Crippen molar-refractivity contribution in [3.05, 3.63) is 50.7 Å². The fraction of sp³-hybridized carbons (Fsp3) is 0.308. The Morgan fingerprint density at radius 2 is 1.95 bits per heavy atom. The Morgan fingerprint density at radius 1 is 1.21 bits per heavy atom. The molecule has 1 aromatic heterocycles. The zero-order chi connectivity index (χ0) is 14.0. The van der Waals surface area contributed by atoms with Crippen molar-refractivity contribution in [1.82, 2.24) is 9.78 Å². The molecule has 0 aliphatic carbocycles. The van der Waals surface area contributed by atoms with E-state index in [1.54, 1.807) is 12.3 Å². The molecule has 102 valence electrons. The fourth-order valence-corrected chi connectivity index (χ4v) is 2.61. The van der Waals surface area contributed by atoms with Crippen LogP contribution in [-0.4, -0.2) is 9.78 Å². The van der Waals surface area contributed by atoms with Crippen LogP contribution in [0.2, 0.25) is 15.1 Å². The molecule has 0 radical (unpaired) electrons. The lowest BCUT2D eigenvalue weighted by atomic mass is 10.0. The molecule has 0 amide bonds. The quantitative estimate of drug-likeness (QED) is 0.922. The molecule has 19 heavy (non-hydrogen) atoms. The molecule has 0 aliphatic rings. The zero-order valence-corrected chi connectivity index (χ0v) is 12.7. The minimum atomic E-state index is -0.229. The molecular formula is C13H14Cl3N3. The minimum Gasteiger partial charge on any atom is -0.322 e. The monoisotopic (exact) mass is 317 g/mol. The van der Waals surface area contributed by atoms with Gasteiger partial charge < -0.3 is 5.73 Å². The summed E-state index contributed by atoms with van der Waals surface area (Å²) in [4.78, 5) is 0. The van der Waals surface area contributed by atoms with Crippen molar-refractivity contribution >= 4 is 34.8 Å². The predicted molar refractivity (Wildman–Crippen MR) is 80.0 cm³/mol. The number of halogens is 3. The molecule has 6 heteroatoms. The summed E-state index contributed by atoms with van der Waals surface area (Å²) in [5, 5.41) is 5.84. The van der Waals surface area contributed by atoms with Crippen LogP contribution >= 0.6 is 34.8 Å². The molecular weight excluding hydrogens is 305 g/mol. The maximum absolute atomic E-state index is 6.22. The topological polar surface area (TPSA) is 43.8 Å². The molecule has 2 N–H and O–H groups in total. The van der Waals surface area contributed by atoms with Crippen molar-refractivity contribution in [2.24, 2.45) is 5.73 Å². The van der Waals surface area contributed by atoms with Crippen LogP contribution in [0.25, 0.3) is 0 Å². The second-order valence-corrected chi connectivity index (χ2v) is 5.47. The van der Waals surface area contributed by atoms with E-state index in [4.69, 9.17) is 40.5 Å². The lowest BCUT2D eigenvalue weighted by molar-refractivity contribution is 0.569. The maximum atomic E-state index is 6.22. The van der Waals surface area contributed by atoms with E-state index in [-0.39, 0.29) is 6.04 Å². The first kappa shape index (κ1) is 14.7. The van der Waals surface area contributed by atoms with Gasteiger partial charge in [0.2, 0.25) is 0 Å². The smallest absolute Gasteiger partial charge is 0.0834 e. The molecule has 0 saturated heterocycles. The van der Waals surface area contributed by atoms with Gasteiger partial charge in [-0.25, -0.2) is 0 Å². The van der Waals surface area contributed by atoms with Gasteiger partial charge in [-0.05, 0) is 31.0 Å². The molecule has 1 heterocycles. The average molecular weight is 319 g/mol. The van der Waals surface area contributed by atoms with Gasteiger partial charge in [-0.15, -0.1) is 0 Å². The number of hydrogen-bond acceptors (Lipinski definition) is 2. The van der Waals surface area contributed by atoms with Crippen LogP contribution < -0.4 is 5.73 Å². The normalized spacial score (nSPS) is 12.7. The van der Waals surface area contributed by atoms with Crippen molar-refractivity contribution in [3.63, 3.8) is 0 Å². The fourth-order valence-electron chi connectivity index (χ4n) is 2.01. The Balaban J connectivity index is 2.22. The van der Waals surface area contributed by atoms with Crippen molar-refractivity contribution < 1.29 is 0 Å².